The minimum atomic E-state index is -5.08. The number of alkyl halides is 3. The Morgan fingerprint density at radius 2 is 1.52 bits per heavy atom. The number of carboxylic acids is 2. The number of benzene rings is 3. The van der Waals surface area contributed by atoms with E-state index < -0.39 is 18.1 Å². The summed E-state index contributed by atoms with van der Waals surface area (Å²) in [4.78, 5) is 25.3. The van der Waals surface area contributed by atoms with Crippen LogP contribution < -0.4 is 19.3 Å². The van der Waals surface area contributed by atoms with E-state index in [9.17, 15) is 23.1 Å². The van der Waals surface area contributed by atoms with Gasteiger partial charge < -0.3 is 29.5 Å². The van der Waals surface area contributed by atoms with Crippen LogP contribution >= 0.6 is 0 Å². The van der Waals surface area contributed by atoms with Crippen molar-refractivity contribution in [2.45, 2.75) is 57.0 Å². The summed E-state index contributed by atoms with van der Waals surface area (Å²) >= 11 is 0. The van der Waals surface area contributed by atoms with Crippen LogP contribution in [-0.2, 0) is 9.59 Å². The van der Waals surface area contributed by atoms with Crippen LogP contribution in [0, 0.1) is 11.8 Å². The number of methoxy groups -OCH3 is 1. The molecule has 1 unspecified atom stereocenters. The summed E-state index contributed by atoms with van der Waals surface area (Å²) in [6, 6.07) is 23.6. The molecule has 0 bridgehead atoms. The molecule has 2 N–H and O–H groups in total. The van der Waals surface area contributed by atoms with Gasteiger partial charge in [0.2, 0.25) is 0 Å². The molecular weight excluding hydrogens is 625 g/mol. The minimum Gasteiger partial charge on any atom is -0.497 e. The van der Waals surface area contributed by atoms with E-state index in [1.54, 1.807) is 7.11 Å². The quantitative estimate of drug-likeness (QED) is 0.213. The Labute approximate surface area is 279 Å². The second-order valence-electron chi connectivity index (χ2n) is 12.8. The van der Waals surface area contributed by atoms with Gasteiger partial charge in [-0.2, -0.15) is 13.2 Å². The van der Waals surface area contributed by atoms with Crippen LogP contribution in [0.3, 0.4) is 0 Å². The molecule has 1 atom stereocenters. The molecule has 1 aliphatic carbocycles. The van der Waals surface area contributed by atoms with Crippen molar-refractivity contribution in [3.63, 3.8) is 0 Å². The van der Waals surface area contributed by atoms with Crippen molar-refractivity contribution in [3.05, 3.63) is 72.3 Å². The fraction of sp³-hybridized carbons (Fsp3) is 0.459. The summed E-state index contributed by atoms with van der Waals surface area (Å²) in [6.07, 6.45) is 2.06. The number of carbonyl (C=O) groups is 2. The number of nitrogens with zero attached hydrogens (tertiary/aromatic N) is 2. The number of hydrogen-bond acceptors (Lipinski definition) is 6. The third kappa shape index (κ3) is 9.35. The molecular formula is C37H43F3N2O6. The minimum absolute atomic E-state index is 0.0905. The predicted octanol–water partition coefficient (Wildman–Crippen LogP) is 7.86. The van der Waals surface area contributed by atoms with E-state index in [1.165, 1.54) is 35.3 Å². The van der Waals surface area contributed by atoms with Crippen LogP contribution in [0.5, 0.6) is 11.5 Å². The SMILES string of the molecule is COc1ccc(-c2ccc(N3CCCC3)cc2)c(N2CCC(COc3cccc(C(CC(=O)O)C4CC4)c3)CC2)c1.O=C(O)C(F)(F)F. The van der Waals surface area contributed by atoms with E-state index in [4.69, 9.17) is 19.4 Å². The third-order valence-electron chi connectivity index (χ3n) is 9.41. The molecule has 3 aromatic carbocycles. The Morgan fingerprint density at radius 1 is 0.854 bits per heavy atom. The van der Waals surface area contributed by atoms with E-state index in [0.717, 1.165) is 68.9 Å². The Hall–Kier alpha value is -4.41. The number of halogens is 3. The molecule has 6 rings (SSSR count). The number of piperidine rings is 1. The van der Waals surface area contributed by atoms with Crippen molar-refractivity contribution in [2.24, 2.45) is 11.8 Å². The van der Waals surface area contributed by atoms with Gasteiger partial charge in [-0.25, -0.2) is 4.79 Å². The molecule has 2 saturated heterocycles. The molecule has 0 spiro atoms. The molecule has 1 saturated carbocycles. The summed E-state index contributed by atoms with van der Waals surface area (Å²) in [6.45, 7) is 4.95. The second kappa shape index (κ2) is 15.7. The van der Waals surface area contributed by atoms with Gasteiger partial charge in [-0.15, -0.1) is 0 Å². The molecule has 3 aliphatic rings. The van der Waals surface area contributed by atoms with E-state index >= 15 is 0 Å². The molecule has 11 heteroatoms. The molecule has 2 aliphatic heterocycles. The van der Waals surface area contributed by atoms with E-state index in [1.807, 2.05) is 12.1 Å². The topological polar surface area (TPSA) is 99.5 Å². The average Bonchev–Trinajstić information content (AvgIpc) is 3.78. The van der Waals surface area contributed by atoms with Crippen molar-refractivity contribution in [1.29, 1.82) is 0 Å². The van der Waals surface area contributed by atoms with Crippen molar-refractivity contribution in [3.8, 4) is 22.6 Å². The molecule has 48 heavy (non-hydrogen) atoms. The number of carboxylic acid groups (broad SMARTS) is 2. The first-order chi connectivity index (χ1) is 23.0. The van der Waals surface area contributed by atoms with Crippen LogP contribution in [0.4, 0.5) is 24.5 Å². The highest BCUT2D eigenvalue weighted by molar-refractivity contribution is 5.81. The number of rotatable bonds is 11. The molecule has 0 radical (unpaired) electrons. The van der Waals surface area contributed by atoms with Gasteiger partial charge in [0, 0.05) is 49.2 Å². The Kier molecular flexibility index (Phi) is 11.4. The summed E-state index contributed by atoms with van der Waals surface area (Å²) in [5.74, 6) is -0.667. The summed E-state index contributed by atoms with van der Waals surface area (Å²) < 4.78 is 43.6. The lowest BCUT2D eigenvalue weighted by Gasteiger charge is -2.35. The largest absolute Gasteiger partial charge is 0.497 e. The summed E-state index contributed by atoms with van der Waals surface area (Å²) in [5.41, 5.74) is 6.13. The van der Waals surface area contributed by atoms with E-state index in [0.29, 0.717) is 18.4 Å². The van der Waals surface area contributed by atoms with Gasteiger partial charge in [0.15, 0.2) is 0 Å². The monoisotopic (exact) mass is 668 g/mol. The van der Waals surface area contributed by atoms with Crippen LogP contribution in [-0.4, -0.2) is 68.2 Å². The zero-order chi connectivity index (χ0) is 34.3. The van der Waals surface area contributed by atoms with E-state index in [2.05, 4.69) is 64.4 Å². The Morgan fingerprint density at radius 3 is 2.10 bits per heavy atom. The van der Waals surface area contributed by atoms with Gasteiger partial charge in [-0.05, 0) is 104 Å². The van der Waals surface area contributed by atoms with Crippen molar-refractivity contribution < 1.29 is 42.4 Å². The highest BCUT2D eigenvalue weighted by Crippen LogP contribution is 2.45. The highest BCUT2D eigenvalue weighted by atomic mass is 19.4. The molecule has 2 heterocycles. The first kappa shape index (κ1) is 34.9. The van der Waals surface area contributed by atoms with Crippen molar-refractivity contribution in [2.75, 3.05) is 49.7 Å². The Balaban J connectivity index is 0.000000582. The Bertz CT molecular complexity index is 1530. The normalized spacial score (nSPS) is 17.3. The molecule has 0 aromatic heterocycles. The van der Waals surface area contributed by atoms with Crippen molar-refractivity contribution >= 4 is 23.3 Å². The molecule has 258 valence electrons. The maximum atomic E-state index is 11.4. The maximum absolute atomic E-state index is 11.4. The lowest BCUT2D eigenvalue weighted by Crippen LogP contribution is -2.35. The maximum Gasteiger partial charge on any atom is 0.490 e. The van der Waals surface area contributed by atoms with Gasteiger partial charge in [0.05, 0.1) is 20.1 Å². The van der Waals surface area contributed by atoms with Crippen molar-refractivity contribution in [1.82, 2.24) is 0 Å². The first-order valence-electron chi connectivity index (χ1n) is 16.5. The first-order valence-corrected chi connectivity index (χ1v) is 16.5. The van der Waals surface area contributed by atoms with Gasteiger partial charge in [0.1, 0.15) is 11.5 Å². The van der Waals surface area contributed by atoms with Crippen LogP contribution in [0.25, 0.3) is 11.1 Å². The molecule has 3 fully saturated rings. The summed E-state index contributed by atoms with van der Waals surface area (Å²) in [5, 5.41) is 16.5. The van der Waals surface area contributed by atoms with Gasteiger partial charge >= 0.3 is 18.1 Å². The zero-order valence-electron chi connectivity index (χ0n) is 27.1. The number of aliphatic carboxylic acids is 2. The molecule has 0 amide bonds. The van der Waals surface area contributed by atoms with E-state index in [-0.39, 0.29) is 12.3 Å². The number of hydrogen-bond donors (Lipinski definition) is 2. The van der Waals surface area contributed by atoms with Crippen LogP contribution in [0.2, 0.25) is 0 Å². The number of ether oxygens (including phenoxy) is 2. The standard InChI is InChI=1S/C35H42N2O4.C2HF3O2/c1-40-30-13-14-32(26-9-11-29(12-10-26)36-17-2-3-18-36)34(22-30)37-19-15-25(16-20-37)24-41-31-6-4-5-28(21-31)33(23-35(38)39)27-7-8-27;3-2(4,5)1(6)7/h4-6,9-14,21-22,25,27,33H,2-3,7-8,15-20,23-24H2,1H3,(H,38,39);(H,6,7). The van der Waals surface area contributed by atoms with Gasteiger partial charge in [-0.3, -0.25) is 4.79 Å². The predicted molar refractivity (Wildman–Crippen MR) is 178 cm³/mol. The van der Waals surface area contributed by atoms with Crippen LogP contribution in [0.1, 0.15) is 56.4 Å². The fourth-order valence-electron chi connectivity index (χ4n) is 6.60. The average molecular weight is 669 g/mol. The second-order valence-corrected chi connectivity index (χ2v) is 12.8. The highest BCUT2D eigenvalue weighted by Gasteiger charge is 2.38. The lowest BCUT2D eigenvalue weighted by molar-refractivity contribution is -0.192. The lowest BCUT2D eigenvalue weighted by atomic mass is 9.91. The fourth-order valence-corrected chi connectivity index (χ4v) is 6.60. The zero-order valence-corrected chi connectivity index (χ0v) is 27.1. The van der Waals surface area contributed by atoms with Gasteiger partial charge in [0.25, 0.3) is 0 Å². The molecule has 8 nitrogen and oxygen atoms in total. The van der Waals surface area contributed by atoms with Gasteiger partial charge in [-0.1, -0.05) is 24.3 Å². The third-order valence-corrected chi connectivity index (χ3v) is 9.41. The smallest absolute Gasteiger partial charge is 0.490 e. The number of anilines is 2. The molecule has 3 aromatic rings. The summed E-state index contributed by atoms with van der Waals surface area (Å²) in [7, 11) is 1.73. The van der Waals surface area contributed by atoms with Crippen LogP contribution in [0.15, 0.2) is 66.7 Å².